The van der Waals surface area contributed by atoms with Gasteiger partial charge >= 0.3 is 7.05 Å². The van der Waals surface area contributed by atoms with Crippen LogP contribution >= 0.6 is 39.3 Å². The number of thioether (sulfide) groups is 1. The molecular weight excluding hydrogens is 362 g/mol. The van der Waals surface area contributed by atoms with Gasteiger partial charge in [-0.05, 0) is 35.4 Å². The van der Waals surface area contributed by atoms with Crippen LogP contribution in [0.2, 0.25) is 12.0 Å². The minimum Gasteiger partial charge on any atom is -0.437 e. The van der Waals surface area contributed by atoms with Gasteiger partial charge in [0.15, 0.2) is 5.65 Å². The largest absolute Gasteiger partial charge is 0.437 e. The van der Waals surface area contributed by atoms with Gasteiger partial charge in [0.2, 0.25) is 0 Å². The molecule has 0 aliphatic carbocycles. The first-order chi connectivity index (χ1) is 9.56. The van der Waals surface area contributed by atoms with Crippen molar-refractivity contribution in [2.45, 2.75) is 12.1 Å². The van der Waals surface area contributed by atoms with Crippen molar-refractivity contribution in [2.24, 2.45) is 0 Å². The van der Waals surface area contributed by atoms with Crippen molar-refractivity contribution in [1.82, 2.24) is 19.4 Å². The summed E-state index contributed by atoms with van der Waals surface area (Å²) in [5.74, 6) is 0.973. The SMILES string of the molecule is CB(O)N1CCSC(c2cc(Cl)n3ncc(Br)c3n2)C1. The van der Waals surface area contributed by atoms with Crippen molar-refractivity contribution in [3.8, 4) is 0 Å². The fraction of sp³-hybridized carbons (Fsp3) is 0.455. The molecule has 1 atom stereocenters. The van der Waals surface area contributed by atoms with Crippen LogP contribution in [0, 0.1) is 0 Å². The molecule has 1 unspecified atom stereocenters. The Balaban J connectivity index is 1.95. The van der Waals surface area contributed by atoms with E-state index < -0.39 is 7.05 Å². The minimum absolute atomic E-state index is 0.211. The van der Waals surface area contributed by atoms with Gasteiger partial charge in [-0.3, -0.25) is 0 Å². The van der Waals surface area contributed by atoms with E-state index in [-0.39, 0.29) is 5.25 Å². The van der Waals surface area contributed by atoms with E-state index in [9.17, 15) is 5.02 Å². The van der Waals surface area contributed by atoms with Gasteiger partial charge in [0.05, 0.1) is 21.6 Å². The average Bonchev–Trinajstić information content (AvgIpc) is 2.81. The van der Waals surface area contributed by atoms with E-state index >= 15 is 0 Å². The van der Waals surface area contributed by atoms with Crippen LogP contribution in [-0.2, 0) is 0 Å². The first kappa shape index (κ1) is 14.7. The Morgan fingerprint density at radius 2 is 2.40 bits per heavy atom. The van der Waals surface area contributed by atoms with Gasteiger partial charge in [-0.2, -0.15) is 5.10 Å². The van der Waals surface area contributed by atoms with Crippen molar-refractivity contribution in [3.05, 3.63) is 27.6 Å². The molecule has 1 saturated heterocycles. The maximum atomic E-state index is 9.73. The molecule has 1 N–H and O–H groups in total. The molecule has 0 bridgehead atoms. The predicted molar refractivity (Wildman–Crippen MR) is 86.3 cm³/mol. The summed E-state index contributed by atoms with van der Waals surface area (Å²) in [6.07, 6.45) is 1.69. The molecule has 0 spiro atoms. The Morgan fingerprint density at radius 3 is 3.15 bits per heavy atom. The topological polar surface area (TPSA) is 53.7 Å². The molecule has 0 radical (unpaired) electrons. The van der Waals surface area contributed by atoms with Crippen LogP contribution < -0.4 is 0 Å². The number of nitrogens with zero attached hydrogens (tertiary/aromatic N) is 4. The smallest absolute Gasteiger partial charge is 0.376 e. The summed E-state index contributed by atoms with van der Waals surface area (Å²) in [5.41, 5.74) is 1.65. The second-order valence-electron chi connectivity index (χ2n) is 4.72. The first-order valence-corrected chi connectivity index (χ1v) is 8.51. The molecule has 106 valence electrons. The van der Waals surface area contributed by atoms with Gasteiger partial charge in [-0.25, -0.2) is 9.50 Å². The van der Waals surface area contributed by atoms with Crippen LogP contribution in [-0.4, -0.2) is 50.3 Å². The normalized spacial score (nSPS) is 20.5. The van der Waals surface area contributed by atoms with Crippen LogP contribution in [0.3, 0.4) is 0 Å². The lowest BCUT2D eigenvalue weighted by atomic mass is 9.84. The highest BCUT2D eigenvalue weighted by atomic mass is 79.9. The Morgan fingerprint density at radius 1 is 1.60 bits per heavy atom. The monoisotopic (exact) mass is 374 g/mol. The van der Waals surface area contributed by atoms with Gasteiger partial charge in [0, 0.05) is 12.3 Å². The second kappa shape index (κ2) is 5.85. The van der Waals surface area contributed by atoms with E-state index in [4.69, 9.17) is 11.6 Å². The Labute approximate surface area is 135 Å². The third-order valence-electron chi connectivity index (χ3n) is 3.36. The number of fused-ring (bicyclic) bond motifs is 1. The minimum atomic E-state index is -0.431. The number of hydrogen-bond donors (Lipinski definition) is 1. The molecule has 2 aromatic rings. The highest BCUT2D eigenvalue weighted by Gasteiger charge is 2.27. The van der Waals surface area contributed by atoms with Crippen LogP contribution in [0.5, 0.6) is 0 Å². The van der Waals surface area contributed by atoms with Gasteiger partial charge in [0.25, 0.3) is 0 Å². The number of hydrogen-bond acceptors (Lipinski definition) is 5. The number of aromatic nitrogens is 3. The molecule has 1 fully saturated rings. The van der Waals surface area contributed by atoms with Crippen LogP contribution in [0.25, 0.3) is 5.65 Å². The van der Waals surface area contributed by atoms with E-state index in [1.54, 1.807) is 17.5 Å². The molecule has 3 heterocycles. The predicted octanol–water partition coefficient (Wildman–Crippen LogP) is 2.35. The van der Waals surface area contributed by atoms with Crippen LogP contribution in [0.1, 0.15) is 10.9 Å². The number of rotatable bonds is 2. The van der Waals surface area contributed by atoms with Gasteiger partial charge in [-0.1, -0.05) is 11.6 Å². The summed E-state index contributed by atoms with van der Waals surface area (Å²) in [4.78, 5) is 6.70. The third kappa shape index (κ3) is 2.72. The molecule has 0 amide bonds. The van der Waals surface area contributed by atoms with Crippen LogP contribution in [0.4, 0.5) is 0 Å². The molecule has 9 heteroatoms. The van der Waals surface area contributed by atoms with Crippen molar-refractivity contribution in [1.29, 1.82) is 0 Å². The average molecular weight is 375 g/mol. The summed E-state index contributed by atoms with van der Waals surface area (Å²) in [7, 11) is -0.431. The summed E-state index contributed by atoms with van der Waals surface area (Å²) >= 11 is 11.5. The van der Waals surface area contributed by atoms with E-state index in [0.29, 0.717) is 5.15 Å². The van der Waals surface area contributed by atoms with Crippen molar-refractivity contribution < 1.29 is 5.02 Å². The zero-order valence-corrected chi connectivity index (χ0v) is 14.0. The molecule has 0 aromatic carbocycles. The van der Waals surface area contributed by atoms with E-state index in [0.717, 1.165) is 34.7 Å². The summed E-state index contributed by atoms with van der Waals surface area (Å²) in [6, 6.07) is 1.86. The molecule has 20 heavy (non-hydrogen) atoms. The van der Waals surface area contributed by atoms with Gasteiger partial charge in [0.1, 0.15) is 5.15 Å². The highest BCUT2D eigenvalue weighted by Crippen LogP contribution is 2.34. The highest BCUT2D eigenvalue weighted by molar-refractivity contribution is 9.10. The van der Waals surface area contributed by atoms with Crippen LogP contribution in [0.15, 0.2) is 16.7 Å². The zero-order valence-electron chi connectivity index (χ0n) is 10.8. The Hall–Kier alpha value is -0.275. The summed E-state index contributed by atoms with van der Waals surface area (Å²) in [6.45, 7) is 3.46. The maximum Gasteiger partial charge on any atom is 0.376 e. The molecule has 0 saturated carbocycles. The van der Waals surface area contributed by atoms with E-state index in [1.807, 2.05) is 22.6 Å². The van der Waals surface area contributed by atoms with Gasteiger partial charge in [-0.15, -0.1) is 11.8 Å². The lowest BCUT2D eigenvalue weighted by molar-refractivity contribution is 0.373. The quantitative estimate of drug-likeness (QED) is 0.645. The molecule has 1 aliphatic rings. The molecule has 5 nitrogen and oxygen atoms in total. The lowest BCUT2D eigenvalue weighted by Gasteiger charge is -2.32. The lowest BCUT2D eigenvalue weighted by Crippen LogP contribution is -2.43. The third-order valence-corrected chi connectivity index (χ3v) is 5.40. The molecule has 2 aromatic heterocycles. The van der Waals surface area contributed by atoms with Crippen molar-refractivity contribution in [2.75, 3.05) is 18.8 Å². The van der Waals surface area contributed by atoms with E-state index in [1.165, 1.54) is 0 Å². The van der Waals surface area contributed by atoms with E-state index in [2.05, 4.69) is 26.0 Å². The molecule has 1 aliphatic heterocycles. The van der Waals surface area contributed by atoms with Gasteiger partial charge < -0.3 is 9.83 Å². The summed E-state index contributed by atoms with van der Waals surface area (Å²) in [5, 5.41) is 14.7. The second-order valence-corrected chi connectivity index (χ2v) is 7.27. The number of halogens is 2. The zero-order chi connectivity index (χ0) is 14.3. The van der Waals surface area contributed by atoms with Crippen molar-refractivity contribution in [3.63, 3.8) is 0 Å². The Kier molecular flexibility index (Phi) is 4.28. The molecular formula is C11H13BBrClN4OS. The standard InChI is InChI=1S/C11H13BBrClN4OS/c1-12(19)17-2-3-20-9(6-17)8-4-10(14)18-11(16-8)7(13)5-15-18/h4-5,9,19H,2-3,6H2,1H3. The fourth-order valence-corrected chi connectivity index (χ4v) is 4.07. The maximum absolute atomic E-state index is 9.73. The Bertz CT molecular complexity index is 640. The summed E-state index contributed by atoms with van der Waals surface area (Å²) < 4.78 is 2.43. The van der Waals surface area contributed by atoms with Crippen molar-refractivity contribution >= 4 is 52.0 Å². The molecule has 3 rings (SSSR count). The first-order valence-electron chi connectivity index (χ1n) is 6.29. The fourth-order valence-electron chi connectivity index (χ4n) is 2.27.